The van der Waals surface area contributed by atoms with Crippen molar-refractivity contribution in [1.82, 2.24) is 15.3 Å². The second-order valence-electron chi connectivity index (χ2n) is 4.22. The fourth-order valence-electron chi connectivity index (χ4n) is 2.94. The SMILES string of the molecule is O=C1NCCC2C3CCN(CC3)N12. The van der Waals surface area contributed by atoms with Crippen LogP contribution in [-0.2, 0) is 0 Å². The zero-order chi connectivity index (χ0) is 8.84. The van der Waals surface area contributed by atoms with E-state index in [2.05, 4.69) is 10.3 Å². The first-order valence-corrected chi connectivity index (χ1v) is 5.18. The van der Waals surface area contributed by atoms with Crippen molar-refractivity contribution in [2.24, 2.45) is 5.92 Å². The first-order valence-electron chi connectivity index (χ1n) is 5.18. The van der Waals surface area contributed by atoms with Crippen LogP contribution in [-0.4, -0.2) is 41.7 Å². The lowest BCUT2D eigenvalue weighted by Gasteiger charge is -2.54. The monoisotopic (exact) mass is 181 g/mol. The average Bonchev–Trinajstić information content (AvgIpc) is 2.20. The molecule has 4 nitrogen and oxygen atoms in total. The van der Waals surface area contributed by atoms with Gasteiger partial charge in [0.15, 0.2) is 0 Å². The fourth-order valence-corrected chi connectivity index (χ4v) is 2.94. The molecule has 1 atom stereocenters. The van der Waals surface area contributed by atoms with Crippen LogP contribution in [0.2, 0.25) is 0 Å². The molecule has 0 spiro atoms. The highest BCUT2D eigenvalue weighted by Gasteiger charge is 2.44. The summed E-state index contributed by atoms with van der Waals surface area (Å²) in [5.41, 5.74) is 0. The van der Waals surface area contributed by atoms with Crippen molar-refractivity contribution in [3.8, 4) is 0 Å². The van der Waals surface area contributed by atoms with Gasteiger partial charge in [0.1, 0.15) is 0 Å². The zero-order valence-corrected chi connectivity index (χ0v) is 7.70. The molecule has 2 bridgehead atoms. The summed E-state index contributed by atoms with van der Waals surface area (Å²) in [5.74, 6) is 0.774. The number of piperidine rings is 1. The largest absolute Gasteiger partial charge is 0.337 e. The third-order valence-corrected chi connectivity index (χ3v) is 3.60. The maximum absolute atomic E-state index is 11.6. The summed E-state index contributed by atoms with van der Waals surface area (Å²) in [7, 11) is 0. The molecule has 0 saturated carbocycles. The first-order chi connectivity index (χ1) is 6.36. The fraction of sp³-hybridized carbons (Fsp3) is 0.889. The minimum absolute atomic E-state index is 0.126. The summed E-state index contributed by atoms with van der Waals surface area (Å²) in [6.45, 7) is 3.02. The Kier molecular flexibility index (Phi) is 1.53. The van der Waals surface area contributed by atoms with Gasteiger partial charge in [-0.05, 0) is 25.2 Å². The Morgan fingerprint density at radius 1 is 1.23 bits per heavy atom. The van der Waals surface area contributed by atoms with Crippen LogP contribution < -0.4 is 5.32 Å². The van der Waals surface area contributed by atoms with Gasteiger partial charge >= 0.3 is 6.03 Å². The summed E-state index contributed by atoms with van der Waals surface area (Å²) in [4.78, 5) is 11.6. The van der Waals surface area contributed by atoms with Gasteiger partial charge < -0.3 is 5.32 Å². The van der Waals surface area contributed by atoms with E-state index in [0.717, 1.165) is 32.0 Å². The molecular weight excluding hydrogens is 166 g/mol. The van der Waals surface area contributed by atoms with Crippen LogP contribution in [0.1, 0.15) is 19.3 Å². The third kappa shape index (κ3) is 0.981. The molecule has 2 amide bonds. The van der Waals surface area contributed by atoms with Crippen LogP contribution in [0.4, 0.5) is 4.79 Å². The Morgan fingerprint density at radius 3 is 2.69 bits per heavy atom. The van der Waals surface area contributed by atoms with E-state index in [1.54, 1.807) is 0 Å². The molecule has 0 aromatic heterocycles. The van der Waals surface area contributed by atoms with Gasteiger partial charge in [-0.25, -0.2) is 9.80 Å². The molecule has 4 saturated heterocycles. The van der Waals surface area contributed by atoms with Gasteiger partial charge in [-0.2, -0.15) is 0 Å². The normalized spacial score (nSPS) is 42.9. The lowest BCUT2D eigenvalue weighted by molar-refractivity contribution is -0.125. The van der Waals surface area contributed by atoms with Crippen LogP contribution in [0.15, 0.2) is 0 Å². The summed E-state index contributed by atoms with van der Waals surface area (Å²) < 4.78 is 0. The molecule has 0 radical (unpaired) electrons. The maximum atomic E-state index is 11.6. The van der Waals surface area contributed by atoms with Crippen molar-refractivity contribution in [2.75, 3.05) is 19.6 Å². The topological polar surface area (TPSA) is 35.6 Å². The molecule has 4 rings (SSSR count). The summed E-state index contributed by atoms with van der Waals surface area (Å²) >= 11 is 0. The molecule has 4 heterocycles. The van der Waals surface area contributed by atoms with Crippen LogP contribution in [0.5, 0.6) is 0 Å². The highest BCUT2D eigenvalue weighted by Crippen LogP contribution is 2.35. The van der Waals surface area contributed by atoms with Crippen molar-refractivity contribution in [3.63, 3.8) is 0 Å². The summed E-state index contributed by atoms with van der Waals surface area (Å²) in [6, 6.07) is 0.636. The van der Waals surface area contributed by atoms with Gasteiger partial charge in [-0.15, -0.1) is 0 Å². The second kappa shape index (κ2) is 2.61. The summed E-state index contributed by atoms with van der Waals surface area (Å²) in [6.07, 6.45) is 3.70. The number of hydrazine groups is 1. The van der Waals surface area contributed by atoms with Gasteiger partial charge in [0, 0.05) is 19.6 Å². The van der Waals surface area contributed by atoms with Crippen molar-refractivity contribution < 1.29 is 4.79 Å². The Bertz CT molecular complexity index is 235. The van der Waals surface area contributed by atoms with E-state index in [9.17, 15) is 4.79 Å². The predicted octanol–water partition coefficient (Wildman–Crippen LogP) is 0.411. The Labute approximate surface area is 77.8 Å². The van der Waals surface area contributed by atoms with Gasteiger partial charge in [-0.3, -0.25) is 5.01 Å². The third-order valence-electron chi connectivity index (χ3n) is 3.60. The lowest BCUT2D eigenvalue weighted by Crippen LogP contribution is -2.68. The standard InChI is InChI=1S/C9H15N3O/c13-9-10-4-1-8-7-2-5-11(6-3-7)12(8)9/h7-8H,1-6H2,(H,10,13). The van der Waals surface area contributed by atoms with Crippen molar-refractivity contribution in [2.45, 2.75) is 25.3 Å². The summed E-state index contributed by atoms with van der Waals surface area (Å²) in [5, 5.41) is 7.11. The van der Waals surface area contributed by atoms with Gasteiger partial charge in [-0.1, -0.05) is 0 Å². The molecule has 1 N–H and O–H groups in total. The number of carbonyl (C=O) groups excluding carboxylic acids is 1. The Morgan fingerprint density at radius 2 is 2.00 bits per heavy atom. The van der Waals surface area contributed by atoms with Crippen LogP contribution in [0.25, 0.3) is 0 Å². The molecule has 4 aliphatic rings. The molecule has 0 aromatic carbocycles. The van der Waals surface area contributed by atoms with E-state index in [1.165, 1.54) is 12.8 Å². The molecule has 0 aliphatic carbocycles. The molecule has 13 heavy (non-hydrogen) atoms. The van der Waals surface area contributed by atoms with Crippen LogP contribution >= 0.6 is 0 Å². The molecule has 0 aromatic rings. The molecule has 4 fully saturated rings. The number of fused-ring (bicyclic) bond motifs is 2. The van der Waals surface area contributed by atoms with Crippen LogP contribution in [0.3, 0.4) is 0 Å². The van der Waals surface area contributed by atoms with E-state index in [-0.39, 0.29) is 6.03 Å². The number of hydrogen-bond donors (Lipinski definition) is 1. The zero-order valence-electron chi connectivity index (χ0n) is 7.70. The molecule has 4 heteroatoms. The van der Waals surface area contributed by atoms with E-state index in [4.69, 9.17) is 0 Å². The van der Waals surface area contributed by atoms with E-state index in [1.807, 2.05) is 5.01 Å². The molecule has 72 valence electrons. The van der Waals surface area contributed by atoms with Crippen LogP contribution in [0, 0.1) is 5.92 Å². The van der Waals surface area contributed by atoms with E-state index >= 15 is 0 Å². The smallest absolute Gasteiger partial charge is 0.332 e. The number of urea groups is 1. The minimum atomic E-state index is 0.126. The highest BCUT2D eigenvalue weighted by molar-refractivity contribution is 5.75. The number of nitrogens with zero attached hydrogens (tertiary/aromatic N) is 2. The molecule has 4 aliphatic heterocycles. The van der Waals surface area contributed by atoms with Gasteiger partial charge in [0.25, 0.3) is 0 Å². The molecular formula is C9H15N3O. The quantitative estimate of drug-likeness (QED) is 0.587. The highest BCUT2D eigenvalue weighted by atomic mass is 16.2. The lowest BCUT2D eigenvalue weighted by atomic mass is 9.84. The number of nitrogens with one attached hydrogen (secondary N) is 1. The minimum Gasteiger partial charge on any atom is -0.337 e. The van der Waals surface area contributed by atoms with Crippen molar-refractivity contribution in [1.29, 1.82) is 0 Å². The second-order valence-corrected chi connectivity index (χ2v) is 4.22. The maximum Gasteiger partial charge on any atom is 0.332 e. The average molecular weight is 181 g/mol. The van der Waals surface area contributed by atoms with Crippen molar-refractivity contribution in [3.05, 3.63) is 0 Å². The van der Waals surface area contributed by atoms with Crippen molar-refractivity contribution >= 4 is 6.03 Å². The first kappa shape index (κ1) is 7.62. The number of carbonyl (C=O) groups is 1. The number of amides is 2. The number of rotatable bonds is 0. The Hall–Kier alpha value is -0.770. The van der Waals surface area contributed by atoms with Gasteiger partial charge in [0.2, 0.25) is 0 Å². The Balaban J connectivity index is 1.90. The van der Waals surface area contributed by atoms with Gasteiger partial charge in [0.05, 0.1) is 6.04 Å². The van der Waals surface area contributed by atoms with E-state index in [0.29, 0.717) is 6.04 Å². The van der Waals surface area contributed by atoms with E-state index < -0.39 is 0 Å². The predicted molar refractivity (Wildman–Crippen MR) is 47.9 cm³/mol. The molecule has 1 unspecified atom stereocenters. The number of hydrogen-bond acceptors (Lipinski definition) is 2.